The fourth-order valence-electron chi connectivity index (χ4n) is 1.45. The van der Waals surface area contributed by atoms with E-state index in [1.54, 1.807) is 0 Å². The smallest absolute Gasteiger partial charge is 0.222 e. The van der Waals surface area contributed by atoms with Gasteiger partial charge in [-0.25, -0.2) is 4.98 Å². The van der Waals surface area contributed by atoms with Crippen LogP contribution in [0.2, 0.25) is 0 Å². The van der Waals surface area contributed by atoms with Gasteiger partial charge in [-0.15, -0.1) is 0 Å². The average molecular weight is 251 g/mol. The highest BCUT2D eigenvalue weighted by Gasteiger charge is 2.15. The van der Waals surface area contributed by atoms with E-state index in [1.807, 2.05) is 13.8 Å². The molecule has 1 heterocycles. The molecule has 0 saturated carbocycles. The Balaban J connectivity index is 2.93. The van der Waals surface area contributed by atoms with Gasteiger partial charge < -0.3 is 10.1 Å². The Bertz CT molecular complexity index is 391. The van der Waals surface area contributed by atoms with E-state index < -0.39 is 0 Å². The molecule has 0 radical (unpaired) electrons. The number of rotatable bonds is 6. The molecule has 0 fully saturated rings. The number of aryl methyl sites for hydroxylation is 1. The van der Waals surface area contributed by atoms with E-state index in [0.29, 0.717) is 11.8 Å². The molecule has 1 atom stereocenters. The van der Waals surface area contributed by atoms with Crippen molar-refractivity contribution in [2.24, 2.45) is 5.92 Å². The highest BCUT2D eigenvalue weighted by atomic mass is 16.5. The molecular formula is C14H25N3O. The van der Waals surface area contributed by atoms with Crippen LogP contribution in [-0.4, -0.2) is 22.6 Å². The van der Waals surface area contributed by atoms with Gasteiger partial charge in [-0.3, -0.25) is 0 Å². The van der Waals surface area contributed by atoms with Crippen LogP contribution in [0.1, 0.15) is 45.5 Å². The Kier molecular flexibility index (Phi) is 5.38. The van der Waals surface area contributed by atoms with Gasteiger partial charge in [0.2, 0.25) is 5.88 Å². The van der Waals surface area contributed by atoms with E-state index in [9.17, 15) is 0 Å². The second-order valence-electron chi connectivity index (χ2n) is 5.04. The highest BCUT2D eigenvalue weighted by Crippen LogP contribution is 2.24. The Morgan fingerprint density at radius 3 is 2.39 bits per heavy atom. The van der Waals surface area contributed by atoms with E-state index in [2.05, 4.69) is 43.0 Å². The van der Waals surface area contributed by atoms with Gasteiger partial charge in [-0.1, -0.05) is 20.8 Å². The predicted octanol–water partition coefficient (Wildman–Crippen LogP) is 3.34. The number of nitrogens with one attached hydrogen (secondary N) is 1. The minimum atomic E-state index is 0.150. The van der Waals surface area contributed by atoms with Crippen LogP contribution in [0.3, 0.4) is 0 Å². The summed E-state index contributed by atoms with van der Waals surface area (Å²) in [4.78, 5) is 8.81. The van der Waals surface area contributed by atoms with Gasteiger partial charge in [0.25, 0.3) is 0 Å². The third-order valence-corrected chi connectivity index (χ3v) is 2.99. The summed E-state index contributed by atoms with van der Waals surface area (Å²) in [5, 5.41) is 3.32. The van der Waals surface area contributed by atoms with E-state index in [-0.39, 0.29) is 6.10 Å². The van der Waals surface area contributed by atoms with Crippen LogP contribution < -0.4 is 10.1 Å². The molecule has 0 spiro atoms. The minimum absolute atomic E-state index is 0.150. The number of hydrogen-bond donors (Lipinski definition) is 1. The quantitative estimate of drug-likeness (QED) is 0.842. The Morgan fingerprint density at radius 2 is 1.83 bits per heavy atom. The topological polar surface area (TPSA) is 47.0 Å². The molecule has 0 aliphatic rings. The molecular weight excluding hydrogens is 226 g/mol. The van der Waals surface area contributed by atoms with Crippen molar-refractivity contribution in [1.29, 1.82) is 0 Å². The van der Waals surface area contributed by atoms with Crippen molar-refractivity contribution in [2.75, 3.05) is 11.9 Å². The lowest BCUT2D eigenvalue weighted by Crippen LogP contribution is -2.20. The molecule has 0 bridgehead atoms. The van der Waals surface area contributed by atoms with E-state index in [0.717, 1.165) is 30.2 Å². The molecule has 1 unspecified atom stereocenters. The first-order valence-corrected chi connectivity index (χ1v) is 6.71. The zero-order chi connectivity index (χ0) is 13.7. The summed E-state index contributed by atoms with van der Waals surface area (Å²) in [7, 11) is 0. The summed E-state index contributed by atoms with van der Waals surface area (Å²) in [6.07, 6.45) is 1.22. The normalized spacial score (nSPS) is 12.6. The second kappa shape index (κ2) is 6.57. The summed E-state index contributed by atoms with van der Waals surface area (Å²) in [5.74, 6) is 2.79. The third kappa shape index (κ3) is 3.86. The van der Waals surface area contributed by atoms with Crippen LogP contribution in [0, 0.1) is 19.8 Å². The van der Waals surface area contributed by atoms with Gasteiger partial charge in [0.1, 0.15) is 11.6 Å². The molecule has 0 saturated heterocycles. The summed E-state index contributed by atoms with van der Waals surface area (Å²) >= 11 is 0. The molecule has 1 N–H and O–H groups in total. The first-order valence-electron chi connectivity index (χ1n) is 6.71. The van der Waals surface area contributed by atoms with Gasteiger partial charge in [0.15, 0.2) is 0 Å². The van der Waals surface area contributed by atoms with Crippen molar-refractivity contribution in [1.82, 2.24) is 9.97 Å². The molecule has 18 heavy (non-hydrogen) atoms. The molecule has 4 nitrogen and oxygen atoms in total. The molecule has 1 aromatic rings. The van der Waals surface area contributed by atoms with Gasteiger partial charge in [-0.05, 0) is 33.1 Å². The molecule has 4 heteroatoms. The number of hydrogen-bond acceptors (Lipinski definition) is 4. The van der Waals surface area contributed by atoms with Gasteiger partial charge in [0, 0.05) is 6.54 Å². The number of nitrogens with zero attached hydrogens (tertiary/aromatic N) is 2. The SMILES string of the molecule is CCCNc1nc(C)nc(OC(C)C(C)C)c1C. The minimum Gasteiger partial charge on any atom is -0.474 e. The first-order chi connectivity index (χ1) is 8.45. The van der Waals surface area contributed by atoms with Crippen molar-refractivity contribution in [3.63, 3.8) is 0 Å². The van der Waals surface area contributed by atoms with Crippen LogP contribution in [0.15, 0.2) is 0 Å². The molecule has 0 aromatic carbocycles. The Labute approximate surface area is 110 Å². The van der Waals surface area contributed by atoms with E-state index in [4.69, 9.17) is 4.74 Å². The Hall–Kier alpha value is -1.32. The summed E-state index contributed by atoms with van der Waals surface area (Å²) in [6.45, 7) is 13.3. The van der Waals surface area contributed by atoms with Crippen molar-refractivity contribution < 1.29 is 4.74 Å². The van der Waals surface area contributed by atoms with Crippen molar-refractivity contribution >= 4 is 5.82 Å². The molecule has 0 aliphatic heterocycles. The summed E-state index contributed by atoms with van der Waals surface area (Å²) < 4.78 is 5.92. The van der Waals surface area contributed by atoms with Gasteiger partial charge in [-0.2, -0.15) is 4.98 Å². The van der Waals surface area contributed by atoms with Crippen LogP contribution >= 0.6 is 0 Å². The maximum Gasteiger partial charge on any atom is 0.222 e. The molecule has 102 valence electrons. The zero-order valence-electron chi connectivity index (χ0n) is 12.4. The number of ether oxygens (including phenoxy) is 1. The molecule has 0 aliphatic carbocycles. The maximum atomic E-state index is 5.92. The summed E-state index contributed by atoms with van der Waals surface area (Å²) in [6, 6.07) is 0. The molecule has 0 amide bonds. The van der Waals surface area contributed by atoms with E-state index in [1.165, 1.54) is 0 Å². The average Bonchev–Trinajstić information content (AvgIpc) is 2.31. The monoisotopic (exact) mass is 251 g/mol. The number of aromatic nitrogens is 2. The largest absolute Gasteiger partial charge is 0.474 e. The standard InChI is InChI=1S/C14H25N3O/c1-7-8-15-13-10(4)14(17-12(6)16-13)18-11(5)9(2)3/h9,11H,7-8H2,1-6H3,(H,15,16,17). The Morgan fingerprint density at radius 1 is 1.17 bits per heavy atom. The maximum absolute atomic E-state index is 5.92. The van der Waals surface area contributed by atoms with Gasteiger partial charge in [0.05, 0.1) is 11.7 Å². The third-order valence-electron chi connectivity index (χ3n) is 2.99. The predicted molar refractivity (Wildman–Crippen MR) is 75.2 cm³/mol. The van der Waals surface area contributed by atoms with Gasteiger partial charge >= 0.3 is 0 Å². The lowest BCUT2D eigenvalue weighted by Gasteiger charge is -2.20. The zero-order valence-corrected chi connectivity index (χ0v) is 12.4. The second-order valence-corrected chi connectivity index (χ2v) is 5.04. The van der Waals surface area contributed by atoms with Crippen LogP contribution in [0.5, 0.6) is 5.88 Å². The fraction of sp³-hybridized carbons (Fsp3) is 0.714. The van der Waals surface area contributed by atoms with Crippen LogP contribution in [0.25, 0.3) is 0 Å². The molecule has 1 rings (SSSR count). The molecule has 1 aromatic heterocycles. The van der Waals surface area contributed by atoms with Crippen molar-refractivity contribution in [3.05, 3.63) is 11.4 Å². The lowest BCUT2D eigenvalue weighted by atomic mass is 10.1. The van der Waals surface area contributed by atoms with Crippen LogP contribution in [-0.2, 0) is 0 Å². The highest BCUT2D eigenvalue weighted by molar-refractivity contribution is 5.48. The van der Waals surface area contributed by atoms with E-state index >= 15 is 0 Å². The van der Waals surface area contributed by atoms with Crippen molar-refractivity contribution in [3.8, 4) is 5.88 Å². The van der Waals surface area contributed by atoms with Crippen LogP contribution in [0.4, 0.5) is 5.82 Å². The fourth-order valence-corrected chi connectivity index (χ4v) is 1.45. The summed E-state index contributed by atoms with van der Waals surface area (Å²) in [5.41, 5.74) is 0.988. The van der Waals surface area contributed by atoms with Crippen molar-refractivity contribution in [2.45, 2.75) is 54.1 Å². The number of anilines is 1. The first kappa shape index (κ1) is 14.7. The lowest BCUT2D eigenvalue weighted by molar-refractivity contribution is 0.161.